The molecule has 4 heterocycles. The molecule has 0 radical (unpaired) electrons. The second kappa shape index (κ2) is 5.05. The number of rotatable bonds is 3. The molecule has 0 fully saturated rings. The van der Waals surface area contributed by atoms with Crippen LogP contribution in [0.5, 0.6) is 0 Å². The molecule has 0 unspecified atom stereocenters. The number of fused-ring (bicyclic) bond motifs is 2. The topological polar surface area (TPSA) is 70.9 Å². The summed E-state index contributed by atoms with van der Waals surface area (Å²) >= 11 is 0. The smallest absolute Gasteiger partial charge is 0.224 e. The van der Waals surface area contributed by atoms with Gasteiger partial charge in [-0.2, -0.15) is 4.98 Å². The molecule has 0 aromatic carbocycles. The van der Waals surface area contributed by atoms with Crippen molar-refractivity contribution in [3.05, 3.63) is 42.4 Å². The Hall–Kier alpha value is -2.96. The summed E-state index contributed by atoms with van der Waals surface area (Å²) in [5, 5.41) is 3.92. The fourth-order valence-corrected chi connectivity index (χ4v) is 2.72. The number of nitrogens with one attached hydrogen (secondary N) is 2. The van der Waals surface area contributed by atoms with Crippen LogP contribution >= 0.6 is 0 Å². The van der Waals surface area contributed by atoms with E-state index < -0.39 is 0 Å². The molecule has 0 aliphatic carbocycles. The normalized spacial score (nSPS) is 11.4. The fourth-order valence-electron chi connectivity index (χ4n) is 2.72. The van der Waals surface area contributed by atoms with Gasteiger partial charge < -0.3 is 14.7 Å². The first-order valence-corrected chi connectivity index (χ1v) is 7.39. The number of imidazole rings is 1. The van der Waals surface area contributed by atoms with E-state index in [9.17, 15) is 4.39 Å². The minimum absolute atomic E-state index is 0.330. The van der Waals surface area contributed by atoms with Crippen molar-refractivity contribution in [2.45, 2.75) is 13.8 Å². The Morgan fingerprint density at radius 3 is 3.00 bits per heavy atom. The first-order valence-electron chi connectivity index (χ1n) is 7.39. The Kier molecular flexibility index (Phi) is 3.00. The summed E-state index contributed by atoms with van der Waals surface area (Å²) in [5.41, 5.74) is 3.43. The van der Waals surface area contributed by atoms with Crippen LogP contribution in [0, 0.1) is 12.7 Å². The van der Waals surface area contributed by atoms with Gasteiger partial charge in [0.05, 0.1) is 5.69 Å². The molecule has 23 heavy (non-hydrogen) atoms. The average Bonchev–Trinajstić information content (AvgIpc) is 3.10. The molecule has 7 heteroatoms. The second-order valence-corrected chi connectivity index (χ2v) is 5.38. The van der Waals surface area contributed by atoms with Crippen molar-refractivity contribution in [3.63, 3.8) is 0 Å². The molecule has 6 nitrogen and oxygen atoms in total. The molecule has 0 saturated carbocycles. The zero-order chi connectivity index (χ0) is 16.0. The second-order valence-electron chi connectivity index (χ2n) is 5.38. The lowest BCUT2D eigenvalue weighted by molar-refractivity contribution is 0.630. The predicted molar refractivity (Wildman–Crippen MR) is 86.9 cm³/mol. The predicted octanol–water partition coefficient (Wildman–Crippen LogP) is 3.15. The van der Waals surface area contributed by atoms with Crippen LogP contribution in [-0.2, 0) is 0 Å². The van der Waals surface area contributed by atoms with Gasteiger partial charge in [0.1, 0.15) is 5.65 Å². The number of aryl methyl sites for hydroxylation is 1. The van der Waals surface area contributed by atoms with Crippen molar-refractivity contribution in [2.75, 3.05) is 11.9 Å². The average molecular weight is 310 g/mol. The molecule has 2 N–H and O–H groups in total. The SMILES string of the molecule is CCNc1ncc2c(-c3cc(F)c4nc(C)cn4c3)c[nH]c2n1. The highest BCUT2D eigenvalue weighted by atomic mass is 19.1. The molecule has 4 aromatic heterocycles. The molecule has 0 aliphatic heterocycles. The van der Waals surface area contributed by atoms with Crippen molar-refractivity contribution >= 4 is 22.6 Å². The van der Waals surface area contributed by atoms with Gasteiger partial charge in [0.2, 0.25) is 5.95 Å². The maximum Gasteiger partial charge on any atom is 0.224 e. The maximum atomic E-state index is 14.3. The number of aromatic nitrogens is 5. The Morgan fingerprint density at radius 2 is 2.17 bits per heavy atom. The van der Waals surface area contributed by atoms with E-state index in [0.29, 0.717) is 17.2 Å². The Balaban J connectivity index is 1.88. The summed E-state index contributed by atoms with van der Waals surface area (Å²) in [7, 11) is 0. The summed E-state index contributed by atoms with van der Waals surface area (Å²) in [6, 6.07) is 1.49. The number of aromatic amines is 1. The van der Waals surface area contributed by atoms with E-state index in [1.165, 1.54) is 6.07 Å². The fraction of sp³-hybridized carbons (Fsp3) is 0.188. The number of hydrogen-bond acceptors (Lipinski definition) is 4. The molecular weight excluding hydrogens is 295 g/mol. The van der Waals surface area contributed by atoms with E-state index in [2.05, 4.69) is 25.3 Å². The maximum absolute atomic E-state index is 14.3. The van der Waals surface area contributed by atoms with Crippen molar-refractivity contribution in [1.82, 2.24) is 24.3 Å². The van der Waals surface area contributed by atoms with Gasteiger partial charge in [-0.25, -0.2) is 14.4 Å². The molecule has 0 saturated heterocycles. The lowest BCUT2D eigenvalue weighted by Crippen LogP contribution is -2.01. The summed E-state index contributed by atoms with van der Waals surface area (Å²) < 4.78 is 16.0. The summed E-state index contributed by atoms with van der Waals surface area (Å²) in [5.74, 6) is 0.218. The van der Waals surface area contributed by atoms with E-state index in [1.54, 1.807) is 16.8 Å². The number of pyridine rings is 1. The van der Waals surface area contributed by atoms with Crippen LogP contribution in [0.25, 0.3) is 27.8 Å². The number of hydrogen-bond donors (Lipinski definition) is 2. The Morgan fingerprint density at radius 1 is 1.30 bits per heavy atom. The third-order valence-electron chi connectivity index (χ3n) is 3.70. The Labute approximate surface area is 131 Å². The first-order chi connectivity index (χ1) is 11.2. The van der Waals surface area contributed by atoms with Gasteiger partial charge in [0.25, 0.3) is 0 Å². The van der Waals surface area contributed by atoms with E-state index in [4.69, 9.17) is 0 Å². The monoisotopic (exact) mass is 310 g/mol. The minimum Gasteiger partial charge on any atom is -0.354 e. The minimum atomic E-state index is -0.352. The molecule has 0 amide bonds. The van der Waals surface area contributed by atoms with Gasteiger partial charge in [0.15, 0.2) is 11.5 Å². The quantitative estimate of drug-likeness (QED) is 0.610. The third-order valence-corrected chi connectivity index (χ3v) is 3.70. The van der Waals surface area contributed by atoms with E-state index in [-0.39, 0.29) is 5.82 Å². The van der Waals surface area contributed by atoms with E-state index >= 15 is 0 Å². The van der Waals surface area contributed by atoms with Crippen molar-refractivity contribution in [2.24, 2.45) is 0 Å². The number of halogens is 1. The van der Waals surface area contributed by atoms with Crippen LogP contribution < -0.4 is 5.32 Å². The van der Waals surface area contributed by atoms with Crippen LogP contribution in [-0.4, -0.2) is 30.9 Å². The number of H-pyrrole nitrogens is 1. The highest BCUT2D eigenvalue weighted by Gasteiger charge is 2.13. The van der Waals surface area contributed by atoms with Gasteiger partial charge in [0, 0.05) is 47.8 Å². The van der Waals surface area contributed by atoms with Crippen LogP contribution in [0.3, 0.4) is 0 Å². The van der Waals surface area contributed by atoms with Crippen LogP contribution in [0.2, 0.25) is 0 Å². The first kappa shape index (κ1) is 13.7. The molecule has 116 valence electrons. The number of anilines is 1. The van der Waals surface area contributed by atoms with Gasteiger partial charge in [-0.05, 0) is 19.9 Å². The lowest BCUT2D eigenvalue weighted by atomic mass is 10.1. The van der Waals surface area contributed by atoms with Crippen molar-refractivity contribution < 1.29 is 4.39 Å². The van der Waals surface area contributed by atoms with Crippen molar-refractivity contribution in [3.8, 4) is 11.1 Å². The van der Waals surface area contributed by atoms with Gasteiger partial charge >= 0.3 is 0 Å². The highest BCUT2D eigenvalue weighted by Crippen LogP contribution is 2.29. The van der Waals surface area contributed by atoms with Crippen LogP contribution in [0.4, 0.5) is 10.3 Å². The molecule has 0 spiro atoms. The zero-order valence-electron chi connectivity index (χ0n) is 12.8. The highest BCUT2D eigenvalue weighted by molar-refractivity contribution is 5.93. The summed E-state index contributed by atoms with van der Waals surface area (Å²) in [6.07, 6.45) is 7.22. The van der Waals surface area contributed by atoms with E-state index in [1.807, 2.05) is 26.2 Å². The van der Waals surface area contributed by atoms with Gasteiger partial charge in [-0.3, -0.25) is 0 Å². The zero-order valence-corrected chi connectivity index (χ0v) is 12.8. The summed E-state index contributed by atoms with van der Waals surface area (Å²) in [4.78, 5) is 16.0. The van der Waals surface area contributed by atoms with Crippen LogP contribution in [0.15, 0.2) is 30.9 Å². The van der Waals surface area contributed by atoms with E-state index in [0.717, 1.165) is 28.8 Å². The molecule has 0 atom stereocenters. The van der Waals surface area contributed by atoms with Gasteiger partial charge in [-0.1, -0.05) is 0 Å². The standard InChI is InChI=1S/C16H15FN6/c1-3-18-16-20-6-12-11(5-19-14(12)22-16)10-4-13(17)15-21-9(2)7-23(15)8-10/h4-8H,3H2,1-2H3,(H2,18,19,20,22). The lowest BCUT2D eigenvalue weighted by Gasteiger charge is -2.03. The molecular formula is C16H15FN6. The Bertz CT molecular complexity index is 1020. The van der Waals surface area contributed by atoms with Crippen LogP contribution in [0.1, 0.15) is 12.6 Å². The molecule has 4 rings (SSSR count). The molecule has 0 aliphatic rings. The largest absolute Gasteiger partial charge is 0.354 e. The molecule has 4 aromatic rings. The number of nitrogens with zero attached hydrogens (tertiary/aromatic N) is 4. The van der Waals surface area contributed by atoms with Gasteiger partial charge in [-0.15, -0.1) is 0 Å². The third kappa shape index (κ3) is 2.21. The summed E-state index contributed by atoms with van der Waals surface area (Å²) in [6.45, 7) is 4.58. The molecule has 0 bridgehead atoms. The van der Waals surface area contributed by atoms with Crippen molar-refractivity contribution in [1.29, 1.82) is 0 Å².